The van der Waals surface area contributed by atoms with Crippen molar-refractivity contribution in [1.29, 1.82) is 0 Å². The lowest BCUT2D eigenvalue weighted by Gasteiger charge is -2.15. The van der Waals surface area contributed by atoms with Gasteiger partial charge in [-0.25, -0.2) is 20.0 Å². The van der Waals surface area contributed by atoms with Crippen LogP contribution < -0.4 is 16.2 Å². The minimum Gasteiger partial charge on any atom is -0.478 e. The molecule has 0 spiro atoms. The van der Waals surface area contributed by atoms with Gasteiger partial charge in [0.2, 0.25) is 5.28 Å². The number of anilines is 2. The summed E-state index contributed by atoms with van der Waals surface area (Å²) in [7, 11) is 1.43. The molecule has 0 fully saturated rings. The number of amides is 1. The average molecular weight is 340 g/mol. The lowest BCUT2D eigenvalue weighted by atomic mass is 10.2. The van der Waals surface area contributed by atoms with Crippen LogP contribution in [0.3, 0.4) is 0 Å². The molecular formula is C13H11ClFN5O3. The van der Waals surface area contributed by atoms with Crippen molar-refractivity contribution in [1.82, 2.24) is 9.97 Å². The molecule has 0 bridgehead atoms. The molecule has 4 N–H and O–H groups in total. The Morgan fingerprint density at radius 1 is 1.43 bits per heavy atom. The van der Waals surface area contributed by atoms with Gasteiger partial charge < -0.3 is 10.4 Å². The van der Waals surface area contributed by atoms with Crippen LogP contribution in [0.25, 0.3) is 0 Å². The summed E-state index contributed by atoms with van der Waals surface area (Å²) in [6.07, 6.45) is 1.13. The SMILES string of the molecule is CN(N)c1nc(Cl)ncc1C(=O)Nc1cc(C(=O)O)ccc1F. The van der Waals surface area contributed by atoms with Crippen LogP contribution in [0, 0.1) is 5.82 Å². The summed E-state index contributed by atoms with van der Waals surface area (Å²) >= 11 is 5.65. The highest BCUT2D eigenvalue weighted by Crippen LogP contribution is 2.20. The quantitative estimate of drug-likeness (QED) is 0.438. The predicted octanol–water partition coefficient (Wildman–Crippen LogP) is 1.53. The number of nitrogens with one attached hydrogen (secondary N) is 1. The monoisotopic (exact) mass is 339 g/mol. The van der Waals surface area contributed by atoms with Gasteiger partial charge in [0, 0.05) is 13.2 Å². The molecule has 0 atom stereocenters. The second-order valence-electron chi connectivity index (χ2n) is 4.44. The molecular weight excluding hydrogens is 329 g/mol. The number of aromatic carboxylic acids is 1. The molecule has 23 heavy (non-hydrogen) atoms. The van der Waals surface area contributed by atoms with Gasteiger partial charge in [-0.05, 0) is 29.8 Å². The normalized spacial score (nSPS) is 10.3. The summed E-state index contributed by atoms with van der Waals surface area (Å²) in [5, 5.41) is 12.1. The van der Waals surface area contributed by atoms with Gasteiger partial charge in [0.15, 0.2) is 5.82 Å². The van der Waals surface area contributed by atoms with E-state index in [1.54, 1.807) is 0 Å². The van der Waals surface area contributed by atoms with E-state index in [1.807, 2.05) is 0 Å². The van der Waals surface area contributed by atoms with Crippen molar-refractivity contribution in [3.63, 3.8) is 0 Å². The summed E-state index contributed by atoms with van der Waals surface area (Å²) in [4.78, 5) is 30.6. The molecule has 0 saturated carbocycles. The second-order valence-corrected chi connectivity index (χ2v) is 4.78. The third-order valence-corrected chi connectivity index (χ3v) is 2.96. The van der Waals surface area contributed by atoms with Crippen molar-refractivity contribution in [3.05, 3.63) is 46.6 Å². The summed E-state index contributed by atoms with van der Waals surface area (Å²) in [6, 6.07) is 3.02. The average Bonchev–Trinajstić information content (AvgIpc) is 2.48. The van der Waals surface area contributed by atoms with Crippen molar-refractivity contribution >= 4 is 35.0 Å². The fourth-order valence-electron chi connectivity index (χ4n) is 1.72. The summed E-state index contributed by atoms with van der Waals surface area (Å²) in [5.41, 5.74) is -0.528. The number of carbonyl (C=O) groups is 2. The van der Waals surface area contributed by atoms with E-state index in [0.717, 1.165) is 29.4 Å². The number of carbonyl (C=O) groups excluding carboxylic acids is 1. The zero-order valence-corrected chi connectivity index (χ0v) is 12.5. The molecule has 1 aromatic carbocycles. The summed E-state index contributed by atoms with van der Waals surface area (Å²) in [6.45, 7) is 0. The highest BCUT2D eigenvalue weighted by molar-refractivity contribution is 6.28. The molecule has 1 aromatic heterocycles. The zero-order chi connectivity index (χ0) is 17.1. The number of carboxylic acids is 1. The maximum Gasteiger partial charge on any atom is 0.335 e. The van der Waals surface area contributed by atoms with Gasteiger partial charge in [-0.15, -0.1) is 0 Å². The van der Waals surface area contributed by atoms with Crippen LogP contribution in [0.1, 0.15) is 20.7 Å². The fourth-order valence-corrected chi connectivity index (χ4v) is 1.85. The Kier molecular flexibility index (Phi) is 4.72. The van der Waals surface area contributed by atoms with Crippen LogP contribution >= 0.6 is 11.6 Å². The number of nitrogens with two attached hydrogens (primary N) is 1. The number of hydrazine groups is 1. The molecule has 2 aromatic rings. The maximum absolute atomic E-state index is 13.7. The Morgan fingerprint density at radius 2 is 2.13 bits per heavy atom. The van der Waals surface area contributed by atoms with E-state index in [2.05, 4.69) is 15.3 Å². The standard InChI is InChI=1S/C13H11ClFN5O3/c1-20(16)10-7(5-17-13(14)19-10)11(21)18-9-4-6(12(22)23)2-3-8(9)15/h2-5H,16H2,1H3,(H,18,21)(H,22,23). The van der Waals surface area contributed by atoms with Gasteiger partial charge in [-0.1, -0.05) is 0 Å². The molecule has 0 radical (unpaired) electrons. The lowest BCUT2D eigenvalue weighted by molar-refractivity contribution is 0.0696. The summed E-state index contributed by atoms with van der Waals surface area (Å²) < 4.78 is 13.7. The second kappa shape index (κ2) is 6.55. The molecule has 0 aliphatic heterocycles. The van der Waals surface area contributed by atoms with Crippen molar-refractivity contribution < 1.29 is 19.1 Å². The molecule has 2 rings (SSSR count). The predicted molar refractivity (Wildman–Crippen MR) is 80.9 cm³/mol. The van der Waals surface area contributed by atoms with Gasteiger partial charge in [-0.2, -0.15) is 4.98 Å². The van der Waals surface area contributed by atoms with Gasteiger partial charge in [0.1, 0.15) is 11.4 Å². The number of aromatic nitrogens is 2. The maximum atomic E-state index is 13.7. The number of hydrogen-bond donors (Lipinski definition) is 3. The minimum absolute atomic E-state index is 0.0253. The van der Waals surface area contributed by atoms with Gasteiger partial charge in [0.05, 0.1) is 11.3 Å². The van der Waals surface area contributed by atoms with Crippen LogP contribution in [0.15, 0.2) is 24.4 Å². The van der Waals surface area contributed by atoms with Crippen molar-refractivity contribution in [2.24, 2.45) is 5.84 Å². The van der Waals surface area contributed by atoms with E-state index in [1.165, 1.54) is 7.05 Å². The van der Waals surface area contributed by atoms with E-state index in [0.29, 0.717) is 0 Å². The van der Waals surface area contributed by atoms with E-state index in [-0.39, 0.29) is 27.9 Å². The van der Waals surface area contributed by atoms with Crippen molar-refractivity contribution in [3.8, 4) is 0 Å². The topological polar surface area (TPSA) is 121 Å². The number of rotatable bonds is 4. The number of hydrogen-bond acceptors (Lipinski definition) is 6. The van der Waals surface area contributed by atoms with Crippen molar-refractivity contribution in [2.45, 2.75) is 0 Å². The Morgan fingerprint density at radius 3 is 2.74 bits per heavy atom. The van der Waals surface area contributed by atoms with E-state index < -0.39 is 17.7 Å². The number of nitrogens with zero attached hydrogens (tertiary/aromatic N) is 3. The van der Waals surface area contributed by atoms with Crippen LogP contribution in [0.2, 0.25) is 5.28 Å². The van der Waals surface area contributed by atoms with Gasteiger partial charge >= 0.3 is 5.97 Å². The van der Waals surface area contributed by atoms with Crippen LogP contribution in [-0.2, 0) is 0 Å². The van der Waals surface area contributed by atoms with Gasteiger partial charge in [-0.3, -0.25) is 9.80 Å². The molecule has 1 heterocycles. The molecule has 0 unspecified atom stereocenters. The molecule has 120 valence electrons. The Labute approximate surface area is 134 Å². The lowest BCUT2D eigenvalue weighted by Crippen LogP contribution is -2.29. The van der Waals surface area contributed by atoms with E-state index in [4.69, 9.17) is 22.6 Å². The first-order valence-corrected chi connectivity index (χ1v) is 6.52. The Balaban J connectivity index is 2.37. The molecule has 1 amide bonds. The third kappa shape index (κ3) is 3.71. The minimum atomic E-state index is -1.25. The first-order valence-electron chi connectivity index (χ1n) is 6.14. The highest BCUT2D eigenvalue weighted by Gasteiger charge is 2.18. The molecule has 0 aliphatic carbocycles. The Bertz CT molecular complexity index is 784. The molecule has 0 saturated heterocycles. The van der Waals surface area contributed by atoms with E-state index >= 15 is 0 Å². The third-order valence-electron chi connectivity index (χ3n) is 2.78. The van der Waals surface area contributed by atoms with Crippen LogP contribution in [-0.4, -0.2) is 34.0 Å². The molecule has 10 heteroatoms. The zero-order valence-electron chi connectivity index (χ0n) is 11.7. The smallest absolute Gasteiger partial charge is 0.335 e. The van der Waals surface area contributed by atoms with Crippen LogP contribution in [0.5, 0.6) is 0 Å². The largest absolute Gasteiger partial charge is 0.478 e. The number of carboxylic acid groups (broad SMARTS) is 1. The van der Waals surface area contributed by atoms with Gasteiger partial charge in [0.25, 0.3) is 5.91 Å². The number of halogens is 2. The highest BCUT2D eigenvalue weighted by atomic mass is 35.5. The number of benzene rings is 1. The fraction of sp³-hybridized carbons (Fsp3) is 0.0769. The Hall–Kier alpha value is -2.78. The first kappa shape index (κ1) is 16.6. The van der Waals surface area contributed by atoms with Crippen LogP contribution in [0.4, 0.5) is 15.9 Å². The molecule has 0 aliphatic rings. The first-order chi connectivity index (χ1) is 10.8. The van der Waals surface area contributed by atoms with Crippen molar-refractivity contribution in [2.75, 3.05) is 17.4 Å². The molecule has 8 nitrogen and oxygen atoms in total. The van der Waals surface area contributed by atoms with E-state index in [9.17, 15) is 14.0 Å². The summed E-state index contributed by atoms with van der Waals surface area (Å²) in [5.74, 6) is 2.78.